The topological polar surface area (TPSA) is 78.9 Å². The molecule has 6 nitrogen and oxygen atoms in total. The van der Waals surface area contributed by atoms with Gasteiger partial charge in [-0.1, -0.05) is 169 Å². The van der Waals surface area contributed by atoms with Crippen LogP contribution in [0.4, 0.5) is 0 Å². The number of hydrogen-bond acceptors (Lipinski definition) is 6. The molecule has 0 aromatic carbocycles. The Balaban J connectivity index is 4.35. The van der Waals surface area contributed by atoms with E-state index in [4.69, 9.17) is 14.2 Å². The Labute approximate surface area is 285 Å². The first-order chi connectivity index (χ1) is 22.3. The summed E-state index contributed by atoms with van der Waals surface area (Å²) in [4.78, 5) is 37.3. The first-order valence-corrected chi connectivity index (χ1v) is 19.8. The number of unbranched alkanes of at least 4 members (excludes halogenated alkanes) is 18. The zero-order valence-electron chi connectivity index (χ0n) is 31.2. The molecule has 46 heavy (non-hydrogen) atoms. The molecule has 0 N–H and O–H groups in total. The van der Waals surface area contributed by atoms with Crippen molar-refractivity contribution in [3.05, 3.63) is 0 Å². The molecule has 272 valence electrons. The Bertz CT molecular complexity index is 706. The Morgan fingerprint density at radius 2 is 0.826 bits per heavy atom. The van der Waals surface area contributed by atoms with Gasteiger partial charge in [-0.05, 0) is 31.1 Å². The molecule has 0 saturated heterocycles. The lowest BCUT2D eigenvalue weighted by molar-refractivity contribution is -0.167. The maximum Gasteiger partial charge on any atom is 0.306 e. The van der Waals surface area contributed by atoms with E-state index in [0.29, 0.717) is 19.3 Å². The fraction of sp³-hybridized carbons (Fsp3) is 0.925. The maximum atomic E-state index is 12.6. The van der Waals surface area contributed by atoms with Gasteiger partial charge >= 0.3 is 17.9 Å². The number of ether oxygens (including phenoxy) is 3. The third-order valence-corrected chi connectivity index (χ3v) is 9.08. The SMILES string of the molecule is CCCCCCCCCC(=O)OC[C@@H](COC(=O)CCCCCCCCC(C)C)OC(=O)CCCCCCCCCCC(C)CC. The van der Waals surface area contributed by atoms with Crippen LogP contribution in [0.5, 0.6) is 0 Å². The molecule has 0 bridgehead atoms. The zero-order valence-corrected chi connectivity index (χ0v) is 31.2. The van der Waals surface area contributed by atoms with Crippen LogP contribution in [0.1, 0.15) is 208 Å². The summed E-state index contributed by atoms with van der Waals surface area (Å²) in [5.74, 6) is 0.730. The van der Waals surface area contributed by atoms with E-state index in [1.54, 1.807) is 0 Å². The second-order valence-corrected chi connectivity index (χ2v) is 14.3. The minimum absolute atomic E-state index is 0.0677. The summed E-state index contributed by atoms with van der Waals surface area (Å²) in [6.07, 6.45) is 28.2. The smallest absolute Gasteiger partial charge is 0.306 e. The number of esters is 3. The van der Waals surface area contributed by atoms with Crippen LogP contribution in [0, 0.1) is 11.8 Å². The summed E-state index contributed by atoms with van der Waals surface area (Å²) in [6.45, 7) is 11.2. The second-order valence-electron chi connectivity index (χ2n) is 14.3. The largest absolute Gasteiger partial charge is 0.462 e. The molecule has 0 aliphatic carbocycles. The minimum Gasteiger partial charge on any atom is -0.462 e. The highest BCUT2D eigenvalue weighted by molar-refractivity contribution is 5.71. The Morgan fingerprint density at radius 3 is 1.24 bits per heavy atom. The zero-order chi connectivity index (χ0) is 34.1. The fourth-order valence-corrected chi connectivity index (χ4v) is 5.66. The van der Waals surface area contributed by atoms with Crippen molar-refractivity contribution in [2.24, 2.45) is 11.8 Å². The van der Waals surface area contributed by atoms with Crippen LogP contribution in [0.25, 0.3) is 0 Å². The average molecular weight is 653 g/mol. The number of carbonyl (C=O) groups excluding carboxylic acids is 3. The van der Waals surface area contributed by atoms with Crippen LogP contribution >= 0.6 is 0 Å². The lowest BCUT2D eigenvalue weighted by Gasteiger charge is -2.18. The van der Waals surface area contributed by atoms with Crippen LogP contribution in [0.3, 0.4) is 0 Å². The Hall–Kier alpha value is -1.59. The maximum absolute atomic E-state index is 12.6. The lowest BCUT2D eigenvalue weighted by atomic mass is 9.99. The van der Waals surface area contributed by atoms with Gasteiger partial charge in [0.05, 0.1) is 0 Å². The molecule has 0 fully saturated rings. The Morgan fingerprint density at radius 1 is 0.457 bits per heavy atom. The molecule has 0 aliphatic heterocycles. The van der Waals surface area contributed by atoms with Gasteiger partial charge in [-0.3, -0.25) is 14.4 Å². The van der Waals surface area contributed by atoms with E-state index in [1.807, 2.05) is 0 Å². The third-order valence-electron chi connectivity index (χ3n) is 9.08. The van der Waals surface area contributed by atoms with Gasteiger partial charge in [-0.2, -0.15) is 0 Å². The molecule has 0 aromatic heterocycles. The molecule has 1 unspecified atom stereocenters. The van der Waals surface area contributed by atoms with Gasteiger partial charge in [0, 0.05) is 19.3 Å². The normalized spacial score (nSPS) is 12.7. The van der Waals surface area contributed by atoms with Crippen LogP contribution in [0.2, 0.25) is 0 Å². The van der Waals surface area contributed by atoms with Crippen molar-refractivity contribution in [1.29, 1.82) is 0 Å². The minimum atomic E-state index is -0.758. The standard InChI is InChI=1S/C40H76O6/c1-6-8-9-10-13-20-25-30-38(41)44-33-37(34-45-39(42)31-26-21-17-16-18-23-28-35(3)4)46-40(43)32-27-22-15-12-11-14-19-24-29-36(5)7-2/h35-37H,6-34H2,1-5H3/t36?,37-/m0/s1. The van der Waals surface area contributed by atoms with Crippen LogP contribution in [-0.2, 0) is 28.6 Å². The van der Waals surface area contributed by atoms with E-state index in [0.717, 1.165) is 69.6 Å². The molecule has 0 rings (SSSR count). The van der Waals surface area contributed by atoms with Gasteiger partial charge in [0.25, 0.3) is 0 Å². The second kappa shape index (κ2) is 33.3. The molecule has 0 spiro atoms. The number of rotatable bonds is 34. The van der Waals surface area contributed by atoms with Crippen molar-refractivity contribution in [3.63, 3.8) is 0 Å². The summed E-state index contributed by atoms with van der Waals surface area (Å²) in [5.41, 5.74) is 0. The molecular formula is C40H76O6. The van der Waals surface area contributed by atoms with Crippen LogP contribution in [-0.4, -0.2) is 37.2 Å². The predicted octanol–water partition coefficient (Wildman–Crippen LogP) is 11.8. The molecule has 0 heterocycles. The van der Waals surface area contributed by atoms with Crippen molar-refractivity contribution >= 4 is 17.9 Å². The molecule has 2 atom stereocenters. The van der Waals surface area contributed by atoms with Gasteiger partial charge < -0.3 is 14.2 Å². The molecule has 0 saturated carbocycles. The van der Waals surface area contributed by atoms with Crippen LogP contribution in [0.15, 0.2) is 0 Å². The summed E-state index contributed by atoms with van der Waals surface area (Å²) < 4.78 is 16.6. The molecule has 0 aliphatic rings. The number of hydrogen-bond donors (Lipinski definition) is 0. The molecular weight excluding hydrogens is 576 g/mol. The van der Waals surface area contributed by atoms with E-state index in [2.05, 4.69) is 34.6 Å². The monoisotopic (exact) mass is 653 g/mol. The molecule has 0 amide bonds. The summed E-state index contributed by atoms with van der Waals surface area (Å²) in [7, 11) is 0. The predicted molar refractivity (Wildman–Crippen MR) is 192 cm³/mol. The average Bonchev–Trinajstić information content (AvgIpc) is 3.03. The molecule has 0 radical (unpaired) electrons. The van der Waals surface area contributed by atoms with E-state index in [9.17, 15) is 14.4 Å². The first-order valence-electron chi connectivity index (χ1n) is 19.8. The summed E-state index contributed by atoms with van der Waals surface area (Å²) >= 11 is 0. The van der Waals surface area contributed by atoms with Crippen molar-refractivity contribution in [2.75, 3.05) is 13.2 Å². The molecule has 6 heteroatoms. The highest BCUT2D eigenvalue weighted by Crippen LogP contribution is 2.16. The van der Waals surface area contributed by atoms with Crippen molar-refractivity contribution in [3.8, 4) is 0 Å². The van der Waals surface area contributed by atoms with E-state index < -0.39 is 6.10 Å². The quantitative estimate of drug-likeness (QED) is 0.0391. The van der Waals surface area contributed by atoms with Crippen molar-refractivity contribution in [2.45, 2.75) is 214 Å². The lowest BCUT2D eigenvalue weighted by Crippen LogP contribution is -2.30. The summed E-state index contributed by atoms with van der Waals surface area (Å²) in [6, 6.07) is 0. The summed E-state index contributed by atoms with van der Waals surface area (Å²) in [5, 5.41) is 0. The van der Waals surface area contributed by atoms with E-state index in [1.165, 1.54) is 96.3 Å². The van der Waals surface area contributed by atoms with Gasteiger partial charge in [0.15, 0.2) is 6.10 Å². The van der Waals surface area contributed by atoms with Crippen LogP contribution < -0.4 is 0 Å². The van der Waals surface area contributed by atoms with E-state index in [-0.39, 0.29) is 31.1 Å². The van der Waals surface area contributed by atoms with Gasteiger partial charge in [-0.25, -0.2) is 0 Å². The number of carbonyl (C=O) groups is 3. The third kappa shape index (κ3) is 32.4. The van der Waals surface area contributed by atoms with Gasteiger partial charge in [-0.15, -0.1) is 0 Å². The van der Waals surface area contributed by atoms with Crippen molar-refractivity contribution < 1.29 is 28.6 Å². The molecule has 0 aromatic rings. The van der Waals surface area contributed by atoms with Gasteiger partial charge in [0.2, 0.25) is 0 Å². The first kappa shape index (κ1) is 44.4. The van der Waals surface area contributed by atoms with Crippen molar-refractivity contribution in [1.82, 2.24) is 0 Å². The Kier molecular flexibility index (Phi) is 32.2. The van der Waals surface area contributed by atoms with E-state index >= 15 is 0 Å². The highest BCUT2D eigenvalue weighted by atomic mass is 16.6. The highest BCUT2D eigenvalue weighted by Gasteiger charge is 2.19. The fourth-order valence-electron chi connectivity index (χ4n) is 5.66. The van der Waals surface area contributed by atoms with Gasteiger partial charge in [0.1, 0.15) is 13.2 Å².